The molecule has 8 nitrogen and oxygen atoms in total. The van der Waals surface area contributed by atoms with Crippen molar-refractivity contribution >= 4 is 11.5 Å². The summed E-state index contributed by atoms with van der Waals surface area (Å²) in [5, 5.41) is 8.87. The molecule has 1 heterocycles. The van der Waals surface area contributed by atoms with Crippen LogP contribution in [-0.4, -0.2) is 30.2 Å². The molecule has 0 atom stereocenters. The Hall–Kier alpha value is -4.38. The van der Waals surface area contributed by atoms with Crippen molar-refractivity contribution in [1.82, 2.24) is 9.97 Å². The second kappa shape index (κ2) is 9.71. The molecule has 3 aromatic rings. The minimum Gasteiger partial charge on any atom is -0.503 e. The number of hydrogen-bond donors (Lipinski definition) is 0. The number of carbonyl (C=O) groups excluding carboxylic acids is 1. The Bertz CT molecular complexity index is 1100. The number of rotatable bonds is 7. The van der Waals surface area contributed by atoms with Crippen molar-refractivity contribution in [2.24, 2.45) is 0 Å². The summed E-state index contributed by atoms with van der Waals surface area (Å²) in [7, 11) is 2.72. The minimum absolute atomic E-state index is 0.193. The summed E-state index contributed by atoms with van der Waals surface area (Å²) in [5.41, 5.74) is 1.19. The molecule has 0 bridgehead atoms. The summed E-state index contributed by atoms with van der Waals surface area (Å²) in [5.74, 6) is 0.773. The maximum atomic E-state index is 12.1. The molecule has 0 saturated heterocycles. The molecular formula is C22H17N3O5. The average Bonchev–Trinajstić information content (AvgIpc) is 2.78. The van der Waals surface area contributed by atoms with Gasteiger partial charge in [-0.25, -0.2) is 14.8 Å². The fourth-order valence-electron chi connectivity index (χ4n) is 2.49. The molecule has 3 rings (SSSR count). The largest absolute Gasteiger partial charge is 0.503 e. The molecule has 0 aliphatic carbocycles. The lowest BCUT2D eigenvalue weighted by Crippen LogP contribution is -2.06. The number of carbonyl (C=O) groups is 1. The SMILES string of the molecule is CO/C=C(/C(=O)OC)c1ccccc1Oc1cc(Oc2ccc(C#N)cc2)ncn1. The van der Waals surface area contributed by atoms with Crippen molar-refractivity contribution in [3.63, 3.8) is 0 Å². The number of ether oxygens (including phenoxy) is 4. The van der Waals surface area contributed by atoms with E-state index in [9.17, 15) is 4.79 Å². The monoisotopic (exact) mass is 403 g/mol. The zero-order valence-corrected chi connectivity index (χ0v) is 16.2. The van der Waals surface area contributed by atoms with E-state index in [1.165, 1.54) is 32.9 Å². The normalized spacial score (nSPS) is 10.6. The summed E-state index contributed by atoms with van der Waals surface area (Å²) < 4.78 is 21.4. The van der Waals surface area contributed by atoms with Gasteiger partial charge in [-0.2, -0.15) is 5.26 Å². The second-order valence-corrected chi connectivity index (χ2v) is 5.79. The molecule has 8 heteroatoms. The first kappa shape index (κ1) is 20.4. The molecule has 0 radical (unpaired) electrons. The van der Waals surface area contributed by atoms with Crippen molar-refractivity contribution in [2.45, 2.75) is 0 Å². The lowest BCUT2D eigenvalue weighted by Gasteiger charge is -2.12. The Kier molecular flexibility index (Phi) is 6.59. The van der Waals surface area contributed by atoms with Crippen molar-refractivity contribution in [1.29, 1.82) is 5.26 Å². The highest BCUT2D eigenvalue weighted by atomic mass is 16.5. The third kappa shape index (κ3) is 4.91. The van der Waals surface area contributed by atoms with Gasteiger partial charge >= 0.3 is 5.97 Å². The molecule has 0 aliphatic rings. The molecule has 0 fully saturated rings. The number of esters is 1. The van der Waals surface area contributed by atoms with E-state index in [-0.39, 0.29) is 17.3 Å². The number of hydrogen-bond acceptors (Lipinski definition) is 8. The zero-order chi connectivity index (χ0) is 21.3. The van der Waals surface area contributed by atoms with Gasteiger partial charge in [0.25, 0.3) is 0 Å². The van der Waals surface area contributed by atoms with Gasteiger partial charge in [0.1, 0.15) is 23.4 Å². The van der Waals surface area contributed by atoms with E-state index >= 15 is 0 Å². The highest BCUT2D eigenvalue weighted by Crippen LogP contribution is 2.31. The fourth-order valence-corrected chi connectivity index (χ4v) is 2.49. The number of benzene rings is 2. The summed E-state index contributed by atoms with van der Waals surface area (Å²) in [6.45, 7) is 0. The second-order valence-electron chi connectivity index (χ2n) is 5.79. The van der Waals surface area contributed by atoms with Gasteiger partial charge in [0.2, 0.25) is 11.8 Å². The zero-order valence-electron chi connectivity index (χ0n) is 16.2. The van der Waals surface area contributed by atoms with Crippen LogP contribution < -0.4 is 9.47 Å². The van der Waals surface area contributed by atoms with Crippen LogP contribution in [-0.2, 0) is 14.3 Å². The van der Waals surface area contributed by atoms with Gasteiger partial charge in [-0.3, -0.25) is 0 Å². The highest BCUT2D eigenvalue weighted by Gasteiger charge is 2.18. The Morgan fingerprint density at radius 2 is 1.70 bits per heavy atom. The Morgan fingerprint density at radius 3 is 2.37 bits per heavy atom. The van der Waals surface area contributed by atoms with E-state index < -0.39 is 5.97 Å². The summed E-state index contributed by atoms with van der Waals surface area (Å²) in [6.07, 6.45) is 2.58. The van der Waals surface area contributed by atoms with E-state index in [1.807, 2.05) is 6.07 Å². The van der Waals surface area contributed by atoms with Crippen molar-refractivity contribution in [3.8, 4) is 29.3 Å². The van der Waals surface area contributed by atoms with Gasteiger partial charge in [-0.05, 0) is 30.3 Å². The summed E-state index contributed by atoms with van der Waals surface area (Å²) >= 11 is 0. The molecule has 0 spiro atoms. The van der Waals surface area contributed by atoms with Crippen LogP contribution in [0, 0.1) is 11.3 Å². The summed E-state index contributed by atoms with van der Waals surface area (Å²) in [4.78, 5) is 20.3. The molecule has 30 heavy (non-hydrogen) atoms. The number of aromatic nitrogens is 2. The van der Waals surface area contributed by atoms with Gasteiger partial charge in [-0.1, -0.05) is 18.2 Å². The first-order valence-electron chi connectivity index (χ1n) is 8.73. The molecule has 2 aromatic carbocycles. The molecule has 0 N–H and O–H groups in total. The molecule has 1 aromatic heterocycles. The quantitative estimate of drug-likeness (QED) is 0.330. The van der Waals surface area contributed by atoms with Crippen molar-refractivity contribution in [2.75, 3.05) is 14.2 Å². The lowest BCUT2D eigenvalue weighted by molar-refractivity contribution is -0.133. The van der Waals surface area contributed by atoms with Gasteiger partial charge in [-0.15, -0.1) is 0 Å². The number of nitriles is 1. The van der Waals surface area contributed by atoms with Crippen molar-refractivity contribution < 1.29 is 23.7 Å². The smallest absolute Gasteiger partial charge is 0.341 e. The van der Waals surface area contributed by atoms with E-state index in [1.54, 1.807) is 48.5 Å². The Balaban J connectivity index is 1.85. The topological polar surface area (TPSA) is 104 Å². The number of para-hydroxylation sites is 1. The van der Waals surface area contributed by atoms with Crippen LogP contribution in [0.25, 0.3) is 5.57 Å². The van der Waals surface area contributed by atoms with Gasteiger partial charge in [0.15, 0.2) is 0 Å². The molecular weight excluding hydrogens is 386 g/mol. The van der Waals surface area contributed by atoms with Crippen LogP contribution in [0.5, 0.6) is 23.3 Å². The Labute approximate surface area is 172 Å². The molecule has 150 valence electrons. The lowest BCUT2D eigenvalue weighted by atomic mass is 10.1. The van der Waals surface area contributed by atoms with Crippen LogP contribution in [0.4, 0.5) is 0 Å². The van der Waals surface area contributed by atoms with E-state index in [0.717, 1.165) is 0 Å². The molecule has 0 unspecified atom stereocenters. The first-order chi connectivity index (χ1) is 14.6. The third-order valence-electron chi connectivity index (χ3n) is 3.86. The van der Waals surface area contributed by atoms with Crippen LogP contribution in [0.15, 0.2) is 67.2 Å². The predicted molar refractivity (Wildman–Crippen MR) is 107 cm³/mol. The highest BCUT2D eigenvalue weighted by molar-refractivity contribution is 6.17. The maximum Gasteiger partial charge on any atom is 0.341 e. The van der Waals surface area contributed by atoms with Crippen LogP contribution in [0.2, 0.25) is 0 Å². The van der Waals surface area contributed by atoms with Crippen molar-refractivity contribution in [3.05, 3.63) is 78.3 Å². The van der Waals surface area contributed by atoms with E-state index in [2.05, 4.69) is 9.97 Å². The molecule has 0 amide bonds. The number of methoxy groups -OCH3 is 2. The third-order valence-corrected chi connectivity index (χ3v) is 3.86. The van der Waals surface area contributed by atoms with Gasteiger partial charge in [0.05, 0.1) is 38.2 Å². The van der Waals surface area contributed by atoms with Gasteiger partial charge in [0, 0.05) is 5.56 Å². The standard InChI is InChI=1S/C22H17N3O5/c1-27-13-18(22(26)28-2)17-5-3-4-6-19(17)30-21-11-20(24-14-25-21)29-16-9-7-15(12-23)8-10-16/h3-11,13-14H,1-2H3/b18-13+. The Morgan fingerprint density at radius 1 is 1.00 bits per heavy atom. The number of nitrogens with zero attached hydrogens (tertiary/aromatic N) is 3. The minimum atomic E-state index is -0.569. The first-order valence-corrected chi connectivity index (χ1v) is 8.73. The van der Waals surface area contributed by atoms with Gasteiger partial charge < -0.3 is 18.9 Å². The van der Waals surface area contributed by atoms with Crippen LogP contribution in [0.1, 0.15) is 11.1 Å². The van der Waals surface area contributed by atoms with E-state index in [0.29, 0.717) is 22.6 Å². The predicted octanol–water partition coefficient (Wildman–Crippen LogP) is 4.09. The maximum absolute atomic E-state index is 12.1. The molecule has 0 aliphatic heterocycles. The molecule has 0 saturated carbocycles. The van der Waals surface area contributed by atoms with Crippen LogP contribution in [0.3, 0.4) is 0 Å². The van der Waals surface area contributed by atoms with E-state index in [4.69, 9.17) is 24.2 Å². The summed E-state index contributed by atoms with van der Waals surface area (Å²) in [6, 6.07) is 17.1. The van der Waals surface area contributed by atoms with Crippen LogP contribution >= 0.6 is 0 Å². The fraction of sp³-hybridized carbons (Fsp3) is 0.0909. The average molecular weight is 403 g/mol.